The maximum Gasteiger partial charge on any atom is 0.501 e. The molecule has 2 aromatic carbocycles. The Morgan fingerprint density at radius 1 is 1.14 bits per heavy atom. The summed E-state index contributed by atoms with van der Waals surface area (Å²) in [5.41, 5.74) is -0.354. The Morgan fingerprint density at radius 3 is 2.52 bits per heavy atom. The van der Waals surface area contributed by atoms with Crippen LogP contribution < -0.4 is 18.7 Å². The Balaban J connectivity index is 2.04. The van der Waals surface area contributed by atoms with E-state index in [9.17, 15) is 23.3 Å². The molecule has 0 fully saturated rings. The third-order valence-corrected chi connectivity index (χ3v) is 5.23. The molecule has 2 heterocycles. The number of fused-ring (bicyclic) bond motifs is 3. The number of carbonyl (C=O) groups excluding carboxylic acids is 1. The average molecular weight is 418 g/mol. The Hall–Kier alpha value is -3.37. The van der Waals surface area contributed by atoms with Crippen molar-refractivity contribution in [2.45, 2.75) is 19.3 Å². The highest BCUT2D eigenvalue weighted by atomic mass is 32.3. The summed E-state index contributed by atoms with van der Waals surface area (Å²) in [6.07, 6.45) is -0.0820. The fraction of sp³-hybridized carbons (Fsp3) is 0.158. The molecule has 1 unspecified atom stereocenters. The van der Waals surface area contributed by atoms with Gasteiger partial charge in [0.2, 0.25) is 11.2 Å². The monoisotopic (exact) mass is 418 g/mol. The Morgan fingerprint density at radius 2 is 1.86 bits per heavy atom. The average Bonchev–Trinajstić information content (AvgIpc) is 3.00. The lowest BCUT2D eigenvalue weighted by molar-refractivity contribution is -0.155. The van der Waals surface area contributed by atoms with E-state index < -0.39 is 27.7 Å². The molecular weight excluding hydrogens is 404 g/mol. The molecule has 29 heavy (non-hydrogen) atoms. The van der Waals surface area contributed by atoms with E-state index in [1.807, 2.05) is 0 Å². The van der Waals surface area contributed by atoms with Gasteiger partial charge < -0.3 is 12.8 Å². The smallest absolute Gasteiger partial charge is 0.423 e. The van der Waals surface area contributed by atoms with Crippen LogP contribution in [0.1, 0.15) is 30.4 Å². The molecule has 1 atom stereocenters. The van der Waals surface area contributed by atoms with Crippen molar-refractivity contribution in [3.63, 3.8) is 0 Å². The van der Waals surface area contributed by atoms with Gasteiger partial charge in [-0.2, -0.15) is 5.26 Å². The summed E-state index contributed by atoms with van der Waals surface area (Å²) in [5, 5.41) is 9.13. The van der Waals surface area contributed by atoms with Crippen LogP contribution in [0.15, 0.2) is 51.7 Å². The van der Waals surface area contributed by atoms with Crippen LogP contribution in [0.5, 0.6) is 17.4 Å². The van der Waals surface area contributed by atoms with E-state index in [1.165, 1.54) is 19.1 Å². The Kier molecular flexibility index (Phi) is 4.52. The molecule has 0 saturated carbocycles. The maximum atomic E-state index is 13.4. The first kappa shape index (κ1) is 19.0. The van der Waals surface area contributed by atoms with Crippen molar-refractivity contribution in [3.05, 3.63) is 63.8 Å². The van der Waals surface area contributed by atoms with Gasteiger partial charge in [0.1, 0.15) is 16.8 Å². The minimum Gasteiger partial charge on any atom is -0.423 e. The van der Waals surface area contributed by atoms with Crippen LogP contribution in [0.4, 0.5) is 0 Å². The van der Waals surface area contributed by atoms with E-state index in [-0.39, 0.29) is 40.2 Å². The van der Waals surface area contributed by atoms with E-state index in [4.69, 9.17) is 12.8 Å². The van der Waals surface area contributed by atoms with Gasteiger partial charge >= 0.3 is 16.3 Å². The zero-order valence-corrected chi connectivity index (χ0v) is 15.8. The minimum atomic E-state index is -4.35. The SMILES string of the molecule is CC(=O)CC(c1ccccc1)c1c(OO)oc2ccc3c(c2c1=O)OS(=O)(=O)O3. The van der Waals surface area contributed by atoms with E-state index in [2.05, 4.69) is 4.89 Å². The third-order valence-electron chi connectivity index (χ3n) is 4.48. The number of Topliss-reactive ketones (excluding diaryl/α,β-unsaturated/α-hetero) is 1. The number of carbonyl (C=O) groups is 1. The molecule has 0 saturated heterocycles. The van der Waals surface area contributed by atoms with Crippen molar-refractivity contribution < 1.29 is 36.1 Å². The second-order valence-electron chi connectivity index (χ2n) is 6.43. The molecule has 150 valence electrons. The second-order valence-corrected chi connectivity index (χ2v) is 7.58. The van der Waals surface area contributed by atoms with Crippen LogP contribution in [-0.4, -0.2) is 19.5 Å². The van der Waals surface area contributed by atoms with Gasteiger partial charge in [-0.1, -0.05) is 30.3 Å². The normalized spacial score (nSPS) is 15.2. The Labute approximate surface area is 164 Å². The zero-order chi connectivity index (χ0) is 20.8. The molecule has 0 radical (unpaired) electrons. The van der Waals surface area contributed by atoms with Gasteiger partial charge in [0.15, 0.2) is 5.75 Å². The number of hydrogen-bond acceptors (Lipinski definition) is 9. The molecule has 0 spiro atoms. The molecule has 10 heteroatoms. The first-order valence-electron chi connectivity index (χ1n) is 8.44. The van der Waals surface area contributed by atoms with E-state index in [1.54, 1.807) is 30.3 Å². The highest BCUT2D eigenvalue weighted by Gasteiger charge is 2.35. The van der Waals surface area contributed by atoms with Crippen molar-refractivity contribution in [1.29, 1.82) is 0 Å². The van der Waals surface area contributed by atoms with Crippen molar-refractivity contribution in [1.82, 2.24) is 0 Å². The number of ketones is 1. The summed E-state index contributed by atoms with van der Waals surface area (Å²) in [4.78, 5) is 29.6. The van der Waals surface area contributed by atoms with Crippen molar-refractivity contribution >= 4 is 27.2 Å². The van der Waals surface area contributed by atoms with Gasteiger partial charge in [-0.3, -0.25) is 14.5 Å². The molecule has 1 aliphatic rings. The van der Waals surface area contributed by atoms with Crippen LogP contribution >= 0.6 is 0 Å². The lowest BCUT2D eigenvalue weighted by atomic mass is 9.87. The van der Waals surface area contributed by atoms with Crippen LogP contribution in [0.2, 0.25) is 0 Å². The van der Waals surface area contributed by atoms with Crippen molar-refractivity contribution in [3.8, 4) is 17.4 Å². The maximum absolute atomic E-state index is 13.4. The van der Waals surface area contributed by atoms with E-state index in [0.717, 1.165) is 0 Å². The lowest BCUT2D eigenvalue weighted by Crippen LogP contribution is -2.19. The number of hydrogen-bond donors (Lipinski definition) is 1. The molecule has 1 aromatic heterocycles. The summed E-state index contributed by atoms with van der Waals surface area (Å²) >= 11 is 0. The van der Waals surface area contributed by atoms with E-state index >= 15 is 0 Å². The highest BCUT2D eigenvalue weighted by molar-refractivity contribution is 7.82. The summed E-state index contributed by atoms with van der Waals surface area (Å²) in [6, 6.07) is 11.2. The van der Waals surface area contributed by atoms with Gasteiger partial charge in [-0.25, -0.2) is 0 Å². The molecule has 0 bridgehead atoms. The predicted molar refractivity (Wildman–Crippen MR) is 99.5 cm³/mol. The van der Waals surface area contributed by atoms with Gasteiger partial charge in [0, 0.05) is 12.3 Å². The summed E-state index contributed by atoms with van der Waals surface area (Å²) in [7, 11) is -4.35. The van der Waals surface area contributed by atoms with Gasteiger partial charge in [-0.15, -0.1) is 8.42 Å². The van der Waals surface area contributed by atoms with E-state index in [0.29, 0.717) is 5.56 Å². The predicted octanol–water partition coefficient (Wildman–Crippen LogP) is 2.77. The lowest BCUT2D eigenvalue weighted by Gasteiger charge is -2.17. The van der Waals surface area contributed by atoms with Crippen molar-refractivity contribution in [2.24, 2.45) is 0 Å². The first-order chi connectivity index (χ1) is 13.8. The molecule has 0 aliphatic carbocycles. The fourth-order valence-electron chi connectivity index (χ4n) is 3.33. The van der Waals surface area contributed by atoms with Crippen LogP contribution in [0.25, 0.3) is 11.0 Å². The molecule has 3 aromatic rings. The molecular formula is C19H14O9S. The zero-order valence-electron chi connectivity index (χ0n) is 14.9. The summed E-state index contributed by atoms with van der Waals surface area (Å²) in [5.74, 6) is -2.03. The van der Waals surface area contributed by atoms with Gasteiger partial charge in [-0.05, 0) is 24.6 Å². The number of benzene rings is 2. The summed E-state index contributed by atoms with van der Waals surface area (Å²) < 4.78 is 38.3. The highest BCUT2D eigenvalue weighted by Crippen LogP contribution is 2.43. The molecule has 0 amide bonds. The Bertz CT molecular complexity index is 1280. The number of rotatable bonds is 5. The molecule has 9 nitrogen and oxygen atoms in total. The minimum absolute atomic E-state index is 0.0820. The summed E-state index contributed by atoms with van der Waals surface area (Å²) in [6.45, 7) is 1.36. The largest absolute Gasteiger partial charge is 0.501 e. The van der Waals surface area contributed by atoms with Crippen LogP contribution in [0.3, 0.4) is 0 Å². The standard InChI is InChI=1S/C19H14O9S/c1-10(20)9-12(11-5-3-2-4-6-11)15-17(21)16-13(25-19(15)26-22)7-8-14-18(16)28-29(23,24)27-14/h2-8,12,22H,9H2,1H3. The molecule has 1 aliphatic heterocycles. The molecule has 4 rings (SSSR count). The third kappa shape index (κ3) is 3.32. The van der Waals surface area contributed by atoms with Crippen molar-refractivity contribution in [2.75, 3.05) is 0 Å². The van der Waals surface area contributed by atoms with Crippen LogP contribution in [0, 0.1) is 0 Å². The molecule has 1 N–H and O–H groups in total. The fourth-order valence-corrected chi connectivity index (χ4v) is 4.09. The van der Waals surface area contributed by atoms with Crippen LogP contribution in [-0.2, 0) is 15.2 Å². The van der Waals surface area contributed by atoms with Gasteiger partial charge in [0.25, 0.3) is 0 Å². The quantitative estimate of drug-likeness (QED) is 0.491. The first-order valence-corrected chi connectivity index (χ1v) is 9.77. The second kappa shape index (κ2) is 6.90. The van der Waals surface area contributed by atoms with Gasteiger partial charge in [0.05, 0.1) is 5.56 Å². The topological polar surface area (TPSA) is 129 Å².